The number of aliphatic hydroxyl groups excluding tert-OH is 18. The lowest BCUT2D eigenvalue weighted by atomic mass is 9.93. The summed E-state index contributed by atoms with van der Waals surface area (Å²) in [5.41, 5.74) is 0. The summed E-state index contributed by atoms with van der Waals surface area (Å²) in [5, 5.41) is 209. The van der Waals surface area contributed by atoms with Crippen molar-refractivity contribution in [1.82, 2.24) is 16.0 Å². The van der Waals surface area contributed by atoms with Crippen molar-refractivity contribution < 1.29 is 163 Å². The monoisotopic (exact) mass is 1680 g/mol. The van der Waals surface area contributed by atoms with Crippen molar-refractivity contribution in [2.45, 2.75) is 429 Å². The lowest BCUT2D eigenvalue weighted by molar-refractivity contribution is -0.399. The van der Waals surface area contributed by atoms with Gasteiger partial charge in [-0.3, -0.25) is 14.4 Å². The highest BCUT2D eigenvalue weighted by Gasteiger charge is 2.59. The first-order valence-corrected chi connectivity index (χ1v) is 43.0. The molecule has 6 saturated heterocycles. The minimum Gasteiger partial charge on any atom is -0.394 e. The Morgan fingerprint density at radius 2 is 0.664 bits per heavy atom. The van der Waals surface area contributed by atoms with E-state index in [0.717, 1.165) is 65.2 Å². The summed E-state index contributed by atoms with van der Waals surface area (Å²) >= 11 is 0. The van der Waals surface area contributed by atoms with Gasteiger partial charge in [0.25, 0.3) is 0 Å². The van der Waals surface area contributed by atoms with E-state index in [2.05, 4.69) is 29.8 Å². The quantitative estimate of drug-likeness (QED) is 0.0260. The summed E-state index contributed by atoms with van der Waals surface area (Å²) in [7, 11) is 0. The molecule has 0 radical (unpaired) electrons. The van der Waals surface area contributed by atoms with E-state index >= 15 is 0 Å². The van der Waals surface area contributed by atoms with E-state index in [1.54, 1.807) is 6.08 Å². The van der Waals surface area contributed by atoms with Crippen LogP contribution in [-0.4, -0.2) is 352 Å². The highest BCUT2D eigenvalue weighted by molar-refractivity contribution is 5.76. The molecule has 0 spiro atoms. The fourth-order valence-corrected chi connectivity index (χ4v) is 15.8. The minimum atomic E-state index is -2.37. The van der Waals surface area contributed by atoms with Gasteiger partial charge in [-0.05, 0) is 19.3 Å². The van der Waals surface area contributed by atoms with E-state index in [1.807, 2.05) is 6.08 Å². The number of ether oxygens (including phenoxy) is 12. The number of amides is 3. The zero-order valence-electron chi connectivity index (χ0n) is 68.4. The van der Waals surface area contributed by atoms with Crippen LogP contribution >= 0.6 is 0 Å². The zero-order chi connectivity index (χ0) is 84.8. The summed E-state index contributed by atoms with van der Waals surface area (Å²) in [6.07, 6.45) is -16.4. The average Bonchev–Trinajstić information content (AvgIpc) is 0.764. The van der Waals surface area contributed by atoms with Crippen LogP contribution in [0.15, 0.2) is 12.2 Å². The van der Waals surface area contributed by atoms with Crippen molar-refractivity contribution in [3.8, 4) is 0 Å². The Balaban J connectivity index is 1.12. The maximum atomic E-state index is 13.6. The molecule has 0 saturated carbocycles. The van der Waals surface area contributed by atoms with Gasteiger partial charge in [0, 0.05) is 20.3 Å². The Morgan fingerprint density at radius 1 is 0.336 bits per heavy atom. The maximum absolute atomic E-state index is 13.6. The molecule has 6 fully saturated rings. The second-order valence-electron chi connectivity index (χ2n) is 32.1. The molecule has 36 nitrogen and oxygen atoms in total. The first kappa shape index (κ1) is 102. The minimum absolute atomic E-state index is 0.172. The number of hydrogen-bond donors (Lipinski definition) is 21. The fourth-order valence-electron chi connectivity index (χ4n) is 15.8. The lowest BCUT2D eigenvalue weighted by Crippen LogP contribution is -2.71. The molecule has 3 amide bonds. The highest BCUT2D eigenvalue weighted by atomic mass is 16.8. The van der Waals surface area contributed by atoms with Crippen molar-refractivity contribution in [2.75, 3.05) is 46.2 Å². The molecule has 0 bridgehead atoms. The summed E-state index contributed by atoms with van der Waals surface area (Å²) < 4.78 is 72.0. The van der Waals surface area contributed by atoms with Crippen molar-refractivity contribution in [2.24, 2.45) is 0 Å². The fraction of sp³-hybridized carbons (Fsp3) is 0.938. The van der Waals surface area contributed by atoms with Crippen LogP contribution in [0.1, 0.15) is 233 Å². The predicted molar refractivity (Wildman–Crippen MR) is 412 cm³/mol. The first-order chi connectivity index (χ1) is 55.8. The normalized spacial score (nSPS) is 36.3. The van der Waals surface area contributed by atoms with Crippen molar-refractivity contribution in [1.29, 1.82) is 0 Å². The molecule has 0 aromatic heterocycles. The van der Waals surface area contributed by atoms with Gasteiger partial charge in [-0.25, -0.2) is 0 Å². The van der Waals surface area contributed by atoms with Crippen LogP contribution in [-0.2, 0) is 71.2 Å². The number of allylic oxidation sites excluding steroid dienone is 1. The average molecular weight is 1680 g/mol. The molecule has 6 rings (SSSR count). The number of carbonyl (C=O) groups is 3. The summed E-state index contributed by atoms with van der Waals surface area (Å²) in [6, 6.07) is -4.65. The topological polar surface area (TPSA) is 562 Å². The Kier molecular flexibility index (Phi) is 48.5. The van der Waals surface area contributed by atoms with Gasteiger partial charge in [0.1, 0.15) is 146 Å². The number of nitrogens with one attached hydrogen (secondary N) is 3. The Hall–Kier alpha value is -3.05. The Morgan fingerprint density at radius 3 is 1.11 bits per heavy atom. The van der Waals surface area contributed by atoms with Crippen LogP contribution in [0.25, 0.3) is 0 Å². The van der Waals surface area contributed by atoms with Crippen LogP contribution in [0.2, 0.25) is 0 Å². The number of hydrogen-bond acceptors (Lipinski definition) is 33. The third kappa shape index (κ3) is 31.6. The molecule has 6 aliphatic rings. The van der Waals surface area contributed by atoms with Crippen molar-refractivity contribution in [3.05, 3.63) is 12.2 Å². The number of rotatable bonds is 56. The Bertz CT molecular complexity index is 2670. The second-order valence-corrected chi connectivity index (χ2v) is 32.1. The van der Waals surface area contributed by atoms with Gasteiger partial charge < -0.3 is 165 Å². The van der Waals surface area contributed by atoms with Crippen LogP contribution in [0.4, 0.5) is 0 Å². The molecule has 6 heterocycles. The van der Waals surface area contributed by atoms with E-state index in [-0.39, 0.29) is 12.3 Å². The maximum Gasteiger partial charge on any atom is 0.220 e. The molecule has 0 aliphatic carbocycles. The first-order valence-electron chi connectivity index (χ1n) is 43.0. The summed E-state index contributed by atoms with van der Waals surface area (Å²) in [6.45, 7) is -0.118. The van der Waals surface area contributed by atoms with E-state index in [4.69, 9.17) is 56.8 Å². The van der Waals surface area contributed by atoms with Gasteiger partial charge in [-0.1, -0.05) is 206 Å². The molecule has 36 heteroatoms. The third-order valence-electron chi connectivity index (χ3n) is 22.7. The van der Waals surface area contributed by atoms with Gasteiger partial charge in [0.05, 0.1) is 58.4 Å². The smallest absolute Gasteiger partial charge is 0.220 e. The molecule has 116 heavy (non-hydrogen) atoms. The molecule has 678 valence electrons. The molecule has 6 aliphatic heterocycles. The molecule has 32 atom stereocenters. The van der Waals surface area contributed by atoms with Gasteiger partial charge in [0.2, 0.25) is 17.7 Å². The van der Waals surface area contributed by atoms with Crippen LogP contribution < -0.4 is 16.0 Å². The van der Waals surface area contributed by atoms with Crippen molar-refractivity contribution in [3.63, 3.8) is 0 Å². The summed E-state index contributed by atoms with van der Waals surface area (Å²) in [4.78, 5) is 39.3. The van der Waals surface area contributed by atoms with Gasteiger partial charge in [-0.2, -0.15) is 0 Å². The lowest BCUT2D eigenvalue weighted by Gasteiger charge is -2.52. The number of carbonyl (C=O) groups excluding carboxylic acids is 3. The molecule has 0 aromatic carbocycles. The van der Waals surface area contributed by atoms with Crippen molar-refractivity contribution >= 4 is 17.7 Å². The Labute approximate surface area is 682 Å². The molecular formula is C80H145N3O33. The SMILES string of the molecule is CCCCCCCCCCCCC/C=C/[C@@H](O)[C@H](CO[C@@H]1OC(CO)[C@@H](O[C@@H]2OC(CO)[C@H](O[C@@H]3OC(CO)[C@H](O[C@@H]4OC(CO)[C@H](O)[C@H](O[C@@H]5OC(CO)[C@H](O)[C@H](O)C5O)C4NC(C)=O)[C@H](O[C@@H]4OC(CO)[C@H](O)[C@H](O)C4NC(C)=O)C3O)[C@H](O)C2O)[C@H](O)C1O)NC(=O)CCCCCCCCCCCCCCCCCCCCC. The van der Waals surface area contributed by atoms with E-state index in [1.165, 1.54) is 135 Å². The van der Waals surface area contributed by atoms with Crippen LogP contribution in [0, 0.1) is 0 Å². The second kappa shape index (κ2) is 55.2. The van der Waals surface area contributed by atoms with Gasteiger partial charge in [-0.15, -0.1) is 0 Å². The van der Waals surface area contributed by atoms with E-state index in [0.29, 0.717) is 12.8 Å². The molecule has 0 aromatic rings. The van der Waals surface area contributed by atoms with Gasteiger partial charge in [0.15, 0.2) is 37.7 Å². The highest BCUT2D eigenvalue weighted by Crippen LogP contribution is 2.39. The molecular weight excluding hydrogens is 1530 g/mol. The van der Waals surface area contributed by atoms with Crippen LogP contribution in [0.5, 0.6) is 0 Å². The van der Waals surface area contributed by atoms with E-state index < -0.39 is 254 Å². The van der Waals surface area contributed by atoms with Gasteiger partial charge >= 0.3 is 0 Å². The largest absolute Gasteiger partial charge is 0.394 e. The van der Waals surface area contributed by atoms with E-state index in [9.17, 15) is 106 Å². The number of unbranched alkanes of at least 4 members (excludes halogenated alkanes) is 29. The molecule has 12 unspecified atom stereocenters. The summed E-state index contributed by atoms with van der Waals surface area (Å²) in [5.74, 6) is -2.05. The van der Waals surface area contributed by atoms with Crippen LogP contribution in [0.3, 0.4) is 0 Å². The zero-order valence-corrected chi connectivity index (χ0v) is 68.4. The predicted octanol–water partition coefficient (Wildman–Crippen LogP) is -0.864. The number of aliphatic hydroxyl groups is 18. The third-order valence-corrected chi connectivity index (χ3v) is 22.7. The standard InChI is InChI=1S/C80H145N3O33/c1-5-7-9-11-13-15-17-19-20-21-22-23-24-26-28-30-32-34-36-38-56(93)83-48(49(92)37-35-33-31-29-27-25-18-16-14-12-10-8-6-2)45-105-77-67(102)64(99)70(53(42-87)109-77)112-79-68(103)65(100)71(54(43-88)110-79)113-80-69(104)74(116-75-57(81-46(3)90)62(97)59(94)50(39-84)106-75)72(55(44-89)111-80)114-76-58(82-47(4)91)73(61(96)52(41-86)107-76)115-78-66(101)63(98)60(95)51(40-85)108-78/h35,37,48-55,57-80,84-89,92,94-104H,5-34,36,38-45H2,1-4H3,(H,81,90)(H,82,91)(H,83,93)/b37-35+/t48-,49+,50?,51?,52?,53?,54?,55?,57?,58?,59-,60-,61-,62+,63-,64+,65+,66?,67?,68?,69?,70+,71-,72-,73+,74+,75-,76-,77+,78-,79-,80-/m0/s1. The molecule has 21 N–H and O–H groups in total.